The summed E-state index contributed by atoms with van der Waals surface area (Å²) in [6.07, 6.45) is -0.0597. The predicted octanol–water partition coefficient (Wildman–Crippen LogP) is -0.227. The van der Waals surface area contributed by atoms with Crippen molar-refractivity contribution in [1.82, 2.24) is 0 Å². The van der Waals surface area contributed by atoms with Gasteiger partial charge in [-0.25, -0.2) is 4.79 Å². The molecule has 4 heteroatoms. The average Bonchev–Trinajstić information content (AvgIpc) is 2.02. The number of esters is 1. The van der Waals surface area contributed by atoms with Crippen molar-refractivity contribution in [2.24, 2.45) is 5.73 Å². The minimum Gasteiger partial charge on any atom is -0.443 e. The van der Waals surface area contributed by atoms with E-state index in [4.69, 9.17) is 10.8 Å². The molecule has 0 aromatic rings. The van der Waals surface area contributed by atoms with Gasteiger partial charge in [0.05, 0.1) is 12.2 Å². The zero-order valence-electron chi connectivity index (χ0n) is 6.54. The quantitative estimate of drug-likeness (QED) is 0.338. The number of aliphatic hydroxyl groups is 1. The monoisotopic (exact) mass is 159 g/mol. The number of rotatable bonds is 4. The Hall–Kier alpha value is -0.870. The molecule has 0 amide bonds. The van der Waals surface area contributed by atoms with Gasteiger partial charge in [0.25, 0.3) is 0 Å². The molecule has 3 N–H and O–H groups in total. The van der Waals surface area contributed by atoms with Crippen LogP contribution in [-0.4, -0.2) is 23.9 Å². The van der Waals surface area contributed by atoms with Crippen LogP contribution in [0.4, 0.5) is 0 Å². The molecule has 0 aromatic carbocycles. The Balaban J connectivity index is 3.77. The minimum atomic E-state index is -0.637. The number of ether oxygens (including phenoxy) is 1. The molecule has 0 rings (SSSR count). The highest BCUT2D eigenvalue weighted by Crippen LogP contribution is 1.96. The highest BCUT2D eigenvalue weighted by atomic mass is 16.6. The zero-order valence-corrected chi connectivity index (χ0v) is 6.54. The fraction of sp³-hybridized carbons (Fsp3) is 0.571. The standard InChI is InChI=1S/C7H13NO3/c1-3-6(8)11-7(10)5(2)4-9/h6,9H,2-4,8H2,1H3. The van der Waals surface area contributed by atoms with Crippen molar-refractivity contribution in [2.45, 2.75) is 19.6 Å². The minimum absolute atomic E-state index is 0.0221. The maximum Gasteiger partial charge on any atom is 0.337 e. The van der Waals surface area contributed by atoms with Gasteiger partial charge in [-0.2, -0.15) is 0 Å². The Bertz CT molecular complexity index is 156. The summed E-state index contributed by atoms with van der Waals surface area (Å²) in [6.45, 7) is 4.68. The lowest BCUT2D eigenvalue weighted by Crippen LogP contribution is -2.27. The first-order valence-electron chi connectivity index (χ1n) is 3.37. The molecule has 64 valence electrons. The van der Waals surface area contributed by atoms with Gasteiger partial charge < -0.3 is 9.84 Å². The van der Waals surface area contributed by atoms with Crippen molar-refractivity contribution in [3.8, 4) is 0 Å². The van der Waals surface area contributed by atoms with E-state index in [0.717, 1.165) is 0 Å². The van der Waals surface area contributed by atoms with Gasteiger partial charge >= 0.3 is 5.97 Å². The van der Waals surface area contributed by atoms with Gasteiger partial charge in [0.1, 0.15) is 0 Å². The van der Waals surface area contributed by atoms with Gasteiger partial charge in [-0.05, 0) is 6.42 Å². The molecule has 0 spiro atoms. The van der Waals surface area contributed by atoms with Crippen LogP contribution in [-0.2, 0) is 9.53 Å². The lowest BCUT2D eigenvalue weighted by Gasteiger charge is -2.10. The van der Waals surface area contributed by atoms with E-state index >= 15 is 0 Å². The van der Waals surface area contributed by atoms with Crippen molar-refractivity contribution in [3.63, 3.8) is 0 Å². The van der Waals surface area contributed by atoms with Crippen LogP contribution in [0, 0.1) is 0 Å². The molecular formula is C7H13NO3. The molecule has 0 heterocycles. The third-order valence-electron chi connectivity index (χ3n) is 1.14. The number of carbonyl (C=O) groups excluding carboxylic acids is 1. The second-order valence-electron chi connectivity index (χ2n) is 2.11. The Morgan fingerprint density at radius 3 is 2.73 bits per heavy atom. The summed E-state index contributed by atoms with van der Waals surface area (Å²) in [5.74, 6) is -0.637. The topological polar surface area (TPSA) is 72.5 Å². The molecule has 0 saturated heterocycles. The molecule has 0 radical (unpaired) electrons. The first kappa shape index (κ1) is 10.1. The van der Waals surface area contributed by atoms with Crippen molar-refractivity contribution < 1.29 is 14.6 Å². The number of hydrogen-bond acceptors (Lipinski definition) is 4. The fourth-order valence-corrected chi connectivity index (χ4v) is 0.369. The Labute approximate surface area is 65.6 Å². The lowest BCUT2D eigenvalue weighted by atomic mass is 10.3. The van der Waals surface area contributed by atoms with Crippen LogP contribution in [0.15, 0.2) is 12.2 Å². The Kier molecular flexibility index (Phi) is 4.49. The molecular weight excluding hydrogens is 146 g/mol. The largest absolute Gasteiger partial charge is 0.443 e. The predicted molar refractivity (Wildman–Crippen MR) is 40.6 cm³/mol. The molecule has 0 bridgehead atoms. The van der Waals surface area contributed by atoms with Crippen LogP contribution in [0.2, 0.25) is 0 Å². The van der Waals surface area contributed by atoms with Crippen LogP contribution in [0.25, 0.3) is 0 Å². The Morgan fingerprint density at radius 1 is 1.82 bits per heavy atom. The van der Waals surface area contributed by atoms with Gasteiger partial charge in [-0.1, -0.05) is 13.5 Å². The summed E-state index contributed by atoms with van der Waals surface area (Å²) in [6, 6.07) is 0. The molecule has 0 aliphatic carbocycles. The van der Waals surface area contributed by atoms with Crippen LogP contribution in [0.5, 0.6) is 0 Å². The van der Waals surface area contributed by atoms with E-state index in [-0.39, 0.29) is 5.57 Å². The molecule has 0 saturated carbocycles. The normalized spacial score (nSPS) is 12.3. The second kappa shape index (κ2) is 4.87. The van der Waals surface area contributed by atoms with Crippen LogP contribution in [0.3, 0.4) is 0 Å². The highest BCUT2D eigenvalue weighted by Gasteiger charge is 2.10. The molecule has 1 unspecified atom stereocenters. The lowest BCUT2D eigenvalue weighted by molar-refractivity contribution is -0.144. The maximum atomic E-state index is 10.8. The van der Waals surface area contributed by atoms with Crippen LogP contribution >= 0.6 is 0 Å². The fourth-order valence-electron chi connectivity index (χ4n) is 0.369. The van der Waals surface area contributed by atoms with Gasteiger partial charge in [0.2, 0.25) is 0 Å². The van der Waals surface area contributed by atoms with Crippen molar-refractivity contribution in [2.75, 3.05) is 6.61 Å². The average molecular weight is 159 g/mol. The van der Waals surface area contributed by atoms with Crippen molar-refractivity contribution >= 4 is 5.97 Å². The molecule has 0 fully saturated rings. The smallest absolute Gasteiger partial charge is 0.337 e. The van der Waals surface area contributed by atoms with Gasteiger partial charge in [0, 0.05) is 0 Å². The van der Waals surface area contributed by atoms with Gasteiger partial charge in [-0.3, -0.25) is 5.73 Å². The van der Waals surface area contributed by atoms with Gasteiger partial charge in [0.15, 0.2) is 6.23 Å². The summed E-state index contributed by atoms with van der Waals surface area (Å²) < 4.78 is 4.63. The zero-order chi connectivity index (χ0) is 8.85. The van der Waals surface area contributed by atoms with E-state index in [9.17, 15) is 4.79 Å². The number of hydrogen-bond donors (Lipinski definition) is 2. The third kappa shape index (κ3) is 3.75. The molecule has 0 aliphatic rings. The maximum absolute atomic E-state index is 10.8. The molecule has 0 aromatic heterocycles. The molecule has 0 aliphatic heterocycles. The SMILES string of the molecule is C=C(CO)C(=O)OC(N)CC. The first-order chi connectivity index (χ1) is 5.11. The van der Waals surface area contributed by atoms with E-state index < -0.39 is 18.8 Å². The summed E-state index contributed by atoms with van der Waals surface area (Å²) in [5.41, 5.74) is 5.32. The summed E-state index contributed by atoms with van der Waals surface area (Å²) >= 11 is 0. The number of nitrogens with two attached hydrogens (primary N) is 1. The summed E-state index contributed by atoms with van der Waals surface area (Å²) in [4.78, 5) is 10.8. The van der Waals surface area contributed by atoms with Gasteiger partial charge in [-0.15, -0.1) is 0 Å². The van der Waals surface area contributed by atoms with E-state index in [1.165, 1.54) is 0 Å². The molecule has 4 nitrogen and oxygen atoms in total. The van der Waals surface area contributed by atoms with E-state index in [1.807, 2.05) is 0 Å². The van der Waals surface area contributed by atoms with Crippen LogP contribution in [0.1, 0.15) is 13.3 Å². The second-order valence-corrected chi connectivity index (χ2v) is 2.11. The van der Waals surface area contributed by atoms with E-state index in [1.54, 1.807) is 6.92 Å². The van der Waals surface area contributed by atoms with E-state index in [2.05, 4.69) is 11.3 Å². The van der Waals surface area contributed by atoms with Crippen molar-refractivity contribution in [3.05, 3.63) is 12.2 Å². The van der Waals surface area contributed by atoms with E-state index in [0.29, 0.717) is 6.42 Å². The first-order valence-corrected chi connectivity index (χ1v) is 3.37. The Morgan fingerprint density at radius 2 is 2.36 bits per heavy atom. The summed E-state index contributed by atoms with van der Waals surface area (Å²) in [7, 11) is 0. The summed E-state index contributed by atoms with van der Waals surface area (Å²) in [5, 5.41) is 8.45. The third-order valence-corrected chi connectivity index (χ3v) is 1.14. The highest BCUT2D eigenvalue weighted by molar-refractivity contribution is 5.87. The van der Waals surface area contributed by atoms with Crippen molar-refractivity contribution in [1.29, 1.82) is 0 Å². The molecule has 11 heavy (non-hydrogen) atoms. The van der Waals surface area contributed by atoms with Crippen LogP contribution < -0.4 is 5.73 Å². The number of carbonyl (C=O) groups is 1. The number of aliphatic hydroxyl groups excluding tert-OH is 1. The molecule has 1 atom stereocenters.